The van der Waals surface area contributed by atoms with Crippen LogP contribution in [0.5, 0.6) is 0 Å². The summed E-state index contributed by atoms with van der Waals surface area (Å²) in [6.07, 6.45) is 2.81. The fourth-order valence-corrected chi connectivity index (χ4v) is 0.977. The quantitative estimate of drug-likeness (QED) is 0.636. The van der Waals surface area contributed by atoms with Gasteiger partial charge in [0.05, 0.1) is 0 Å². The lowest BCUT2D eigenvalue weighted by molar-refractivity contribution is 0.656. The molecule has 11 heavy (non-hydrogen) atoms. The van der Waals surface area contributed by atoms with Crippen LogP contribution in [0.3, 0.4) is 0 Å². The molecule has 0 aliphatic carbocycles. The van der Waals surface area contributed by atoms with E-state index in [9.17, 15) is 0 Å². The van der Waals surface area contributed by atoms with E-state index < -0.39 is 0 Å². The van der Waals surface area contributed by atoms with Crippen molar-refractivity contribution in [1.29, 1.82) is 5.26 Å². The van der Waals surface area contributed by atoms with Gasteiger partial charge in [-0.05, 0) is 13.3 Å². The summed E-state index contributed by atoms with van der Waals surface area (Å²) in [5, 5.41) is 12.7. The van der Waals surface area contributed by atoms with Crippen molar-refractivity contribution in [3.05, 3.63) is 17.5 Å². The van der Waals surface area contributed by atoms with E-state index in [4.69, 9.17) is 5.26 Å². The molecule has 0 atom stereocenters. The second-order valence-electron chi connectivity index (χ2n) is 2.32. The Hall–Kier alpha value is -1.30. The van der Waals surface area contributed by atoms with E-state index in [-0.39, 0.29) is 0 Å². The second-order valence-corrected chi connectivity index (χ2v) is 2.32. The molecule has 0 aromatic carbocycles. The van der Waals surface area contributed by atoms with E-state index in [0.717, 1.165) is 18.5 Å². The van der Waals surface area contributed by atoms with Crippen LogP contribution in [-0.4, -0.2) is 9.78 Å². The Morgan fingerprint density at radius 1 is 1.64 bits per heavy atom. The largest absolute Gasteiger partial charge is 0.271 e. The number of rotatable bonds is 2. The Labute approximate surface area is 66.3 Å². The van der Waals surface area contributed by atoms with Crippen LogP contribution >= 0.6 is 0 Å². The van der Waals surface area contributed by atoms with Gasteiger partial charge in [-0.3, -0.25) is 4.68 Å². The van der Waals surface area contributed by atoms with E-state index in [0.29, 0.717) is 5.69 Å². The second kappa shape index (κ2) is 3.20. The van der Waals surface area contributed by atoms with Crippen LogP contribution in [0.2, 0.25) is 0 Å². The van der Waals surface area contributed by atoms with Crippen molar-refractivity contribution in [2.75, 3.05) is 0 Å². The SMILES string of the molecule is CCc1cn(CC)nc1C#N. The van der Waals surface area contributed by atoms with Crippen molar-refractivity contribution < 1.29 is 0 Å². The van der Waals surface area contributed by atoms with E-state index >= 15 is 0 Å². The molecule has 0 aliphatic rings. The molecule has 0 radical (unpaired) electrons. The molecule has 58 valence electrons. The number of hydrogen-bond acceptors (Lipinski definition) is 2. The summed E-state index contributed by atoms with van der Waals surface area (Å²) in [5.74, 6) is 0. The predicted molar refractivity (Wildman–Crippen MR) is 42.0 cm³/mol. The summed E-state index contributed by atoms with van der Waals surface area (Å²) in [7, 11) is 0. The normalized spacial score (nSPS) is 9.55. The minimum absolute atomic E-state index is 0.564. The zero-order chi connectivity index (χ0) is 8.27. The number of nitrogens with zero attached hydrogens (tertiary/aromatic N) is 3. The molecule has 3 nitrogen and oxygen atoms in total. The van der Waals surface area contributed by atoms with Gasteiger partial charge in [-0.2, -0.15) is 10.4 Å². The van der Waals surface area contributed by atoms with Crippen LogP contribution in [0.1, 0.15) is 25.1 Å². The molecular weight excluding hydrogens is 138 g/mol. The average molecular weight is 149 g/mol. The molecule has 1 aromatic rings. The van der Waals surface area contributed by atoms with Crippen molar-refractivity contribution in [3.8, 4) is 6.07 Å². The lowest BCUT2D eigenvalue weighted by Gasteiger charge is -1.89. The molecule has 1 aromatic heterocycles. The number of aromatic nitrogens is 2. The van der Waals surface area contributed by atoms with Gasteiger partial charge in [0, 0.05) is 18.3 Å². The molecule has 0 saturated carbocycles. The number of nitriles is 1. The molecule has 0 unspecified atom stereocenters. The summed E-state index contributed by atoms with van der Waals surface area (Å²) < 4.78 is 1.79. The van der Waals surface area contributed by atoms with Gasteiger partial charge in [0.25, 0.3) is 0 Å². The van der Waals surface area contributed by atoms with Crippen LogP contribution in [0.15, 0.2) is 6.20 Å². The number of aryl methyl sites for hydroxylation is 2. The average Bonchev–Trinajstić information content (AvgIpc) is 2.46. The van der Waals surface area contributed by atoms with Crippen molar-refractivity contribution in [1.82, 2.24) is 9.78 Å². The molecule has 0 spiro atoms. The third kappa shape index (κ3) is 1.40. The van der Waals surface area contributed by atoms with Gasteiger partial charge in [0.2, 0.25) is 0 Å². The van der Waals surface area contributed by atoms with Gasteiger partial charge in [-0.15, -0.1) is 0 Å². The lowest BCUT2D eigenvalue weighted by Crippen LogP contribution is -1.93. The summed E-state index contributed by atoms with van der Waals surface area (Å²) >= 11 is 0. The molecule has 0 fully saturated rings. The maximum atomic E-state index is 8.63. The van der Waals surface area contributed by atoms with Crippen LogP contribution < -0.4 is 0 Å². The molecule has 0 amide bonds. The first kappa shape index (κ1) is 7.80. The first-order valence-electron chi connectivity index (χ1n) is 3.78. The fourth-order valence-electron chi connectivity index (χ4n) is 0.977. The zero-order valence-corrected chi connectivity index (χ0v) is 6.83. The highest BCUT2D eigenvalue weighted by Gasteiger charge is 2.03. The molecule has 0 aliphatic heterocycles. The summed E-state index contributed by atoms with van der Waals surface area (Å²) in [6, 6.07) is 2.07. The first-order chi connectivity index (χ1) is 5.31. The Kier molecular flexibility index (Phi) is 2.27. The van der Waals surface area contributed by atoms with E-state index in [1.54, 1.807) is 4.68 Å². The highest BCUT2D eigenvalue weighted by Crippen LogP contribution is 2.05. The standard InChI is InChI=1S/C8H11N3/c1-3-7-6-11(4-2)10-8(7)5-9/h6H,3-4H2,1-2H3. The van der Waals surface area contributed by atoms with Crippen LogP contribution in [0, 0.1) is 11.3 Å². The summed E-state index contributed by atoms with van der Waals surface area (Å²) in [6.45, 7) is 4.86. The van der Waals surface area contributed by atoms with Crippen molar-refractivity contribution in [2.24, 2.45) is 0 Å². The Bertz CT molecular complexity index is 280. The lowest BCUT2D eigenvalue weighted by atomic mass is 10.2. The van der Waals surface area contributed by atoms with Gasteiger partial charge in [0.15, 0.2) is 5.69 Å². The first-order valence-corrected chi connectivity index (χ1v) is 3.78. The van der Waals surface area contributed by atoms with Gasteiger partial charge in [0.1, 0.15) is 6.07 Å². The van der Waals surface area contributed by atoms with Gasteiger partial charge < -0.3 is 0 Å². The van der Waals surface area contributed by atoms with E-state index in [1.165, 1.54) is 0 Å². The molecule has 0 saturated heterocycles. The number of hydrogen-bond donors (Lipinski definition) is 0. The smallest absolute Gasteiger partial charge is 0.165 e. The third-order valence-corrected chi connectivity index (χ3v) is 1.65. The minimum atomic E-state index is 0.564. The Morgan fingerprint density at radius 2 is 2.36 bits per heavy atom. The van der Waals surface area contributed by atoms with Crippen molar-refractivity contribution in [3.63, 3.8) is 0 Å². The highest BCUT2D eigenvalue weighted by atomic mass is 15.3. The maximum absolute atomic E-state index is 8.63. The van der Waals surface area contributed by atoms with Gasteiger partial charge in [-0.25, -0.2) is 0 Å². The molecular formula is C8H11N3. The Morgan fingerprint density at radius 3 is 2.73 bits per heavy atom. The summed E-state index contributed by atoms with van der Waals surface area (Å²) in [4.78, 5) is 0. The van der Waals surface area contributed by atoms with Crippen LogP contribution in [-0.2, 0) is 13.0 Å². The van der Waals surface area contributed by atoms with Gasteiger partial charge >= 0.3 is 0 Å². The molecule has 1 heterocycles. The highest BCUT2D eigenvalue weighted by molar-refractivity contribution is 5.28. The molecule has 3 heteroatoms. The van der Waals surface area contributed by atoms with Crippen molar-refractivity contribution in [2.45, 2.75) is 26.8 Å². The minimum Gasteiger partial charge on any atom is -0.271 e. The molecule has 1 rings (SSSR count). The molecule has 0 N–H and O–H groups in total. The van der Waals surface area contributed by atoms with Crippen LogP contribution in [0.4, 0.5) is 0 Å². The Balaban J connectivity index is 3.05. The topological polar surface area (TPSA) is 41.6 Å². The monoisotopic (exact) mass is 149 g/mol. The maximum Gasteiger partial charge on any atom is 0.165 e. The van der Waals surface area contributed by atoms with Crippen LogP contribution in [0.25, 0.3) is 0 Å². The summed E-state index contributed by atoms with van der Waals surface area (Å²) in [5.41, 5.74) is 1.60. The third-order valence-electron chi connectivity index (χ3n) is 1.65. The molecule has 0 bridgehead atoms. The van der Waals surface area contributed by atoms with E-state index in [1.807, 2.05) is 20.0 Å². The zero-order valence-electron chi connectivity index (χ0n) is 6.83. The van der Waals surface area contributed by atoms with Gasteiger partial charge in [-0.1, -0.05) is 6.92 Å². The fraction of sp³-hybridized carbons (Fsp3) is 0.500. The van der Waals surface area contributed by atoms with Crippen molar-refractivity contribution >= 4 is 0 Å². The van der Waals surface area contributed by atoms with E-state index in [2.05, 4.69) is 11.2 Å². The predicted octanol–water partition coefficient (Wildman–Crippen LogP) is 1.34.